The van der Waals surface area contributed by atoms with Crippen molar-refractivity contribution >= 4 is 62.5 Å². The van der Waals surface area contributed by atoms with E-state index in [-0.39, 0.29) is 30.1 Å². The number of anilines is 1. The van der Waals surface area contributed by atoms with Gasteiger partial charge in [-0.05, 0) is 67.8 Å². The highest BCUT2D eigenvalue weighted by molar-refractivity contribution is 7.22. The minimum Gasteiger partial charge on any atom is -0.505 e. The molecule has 2 saturated heterocycles. The Labute approximate surface area is 271 Å². The van der Waals surface area contributed by atoms with Crippen molar-refractivity contribution < 1.29 is 28.7 Å². The molecule has 2 aliphatic heterocycles. The van der Waals surface area contributed by atoms with Crippen molar-refractivity contribution in [1.29, 1.82) is 0 Å². The first-order valence-electron chi connectivity index (χ1n) is 15.0. The second-order valence-electron chi connectivity index (χ2n) is 12.9. The van der Waals surface area contributed by atoms with Crippen molar-refractivity contribution in [2.45, 2.75) is 32.6 Å². The van der Waals surface area contributed by atoms with E-state index in [4.69, 9.17) is 16.7 Å². The van der Waals surface area contributed by atoms with Crippen LogP contribution >= 0.6 is 22.9 Å². The SMILES string of the molecule is Cc1c(-c2cc(N3C(=O)[C@@H]4C[C@@H]5C(=CC[C@@H]6C(=O)NC(=O)[C@@H]65)[C@H](c5cccc(F)c5O)[C@]4(C)C3=O)n(C)n2)sc2ccc(Cl)cc12. The van der Waals surface area contributed by atoms with Crippen molar-refractivity contribution in [3.63, 3.8) is 0 Å². The number of aromatic hydroxyl groups is 1. The third kappa shape index (κ3) is 3.75. The quantitative estimate of drug-likeness (QED) is 0.218. The molecule has 2 aliphatic carbocycles. The van der Waals surface area contributed by atoms with Gasteiger partial charge in [0, 0.05) is 34.3 Å². The number of nitrogens with zero attached hydrogens (tertiary/aromatic N) is 3. The predicted molar refractivity (Wildman–Crippen MR) is 170 cm³/mol. The summed E-state index contributed by atoms with van der Waals surface area (Å²) in [7, 11) is 1.67. The van der Waals surface area contributed by atoms with Crippen LogP contribution < -0.4 is 10.2 Å². The summed E-state index contributed by atoms with van der Waals surface area (Å²) in [5.41, 5.74) is 0.973. The maximum Gasteiger partial charge on any atom is 0.242 e. The summed E-state index contributed by atoms with van der Waals surface area (Å²) in [5.74, 6) is -6.62. The van der Waals surface area contributed by atoms with Gasteiger partial charge < -0.3 is 5.11 Å². The number of halogens is 2. The largest absolute Gasteiger partial charge is 0.505 e. The molecule has 9 nitrogen and oxygen atoms in total. The van der Waals surface area contributed by atoms with E-state index in [0.717, 1.165) is 31.5 Å². The van der Waals surface area contributed by atoms with Gasteiger partial charge in [0.05, 0.1) is 28.0 Å². The fourth-order valence-corrected chi connectivity index (χ4v) is 9.79. The van der Waals surface area contributed by atoms with E-state index in [0.29, 0.717) is 16.3 Å². The minimum absolute atomic E-state index is 0.152. The summed E-state index contributed by atoms with van der Waals surface area (Å²) < 4.78 is 17.4. The first-order valence-corrected chi connectivity index (χ1v) is 16.2. The van der Waals surface area contributed by atoms with E-state index in [1.807, 2.05) is 31.2 Å². The van der Waals surface area contributed by atoms with Crippen LogP contribution in [0.1, 0.15) is 36.8 Å². The van der Waals surface area contributed by atoms with Crippen LogP contribution in [0.5, 0.6) is 5.75 Å². The summed E-state index contributed by atoms with van der Waals surface area (Å²) in [4.78, 5) is 57.0. The van der Waals surface area contributed by atoms with Crippen LogP contribution in [0.25, 0.3) is 20.7 Å². The van der Waals surface area contributed by atoms with Gasteiger partial charge in [0.15, 0.2) is 11.6 Å². The molecule has 2 aromatic carbocycles. The molecule has 8 rings (SSSR count). The van der Waals surface area contributed by atoms with Gasteiger partial charge in [-0.1, -0.05) is 35.4 Å². The Morgan fingerprint density at radius 1 is 1.11 bits per heavy atom. The predicted octanol–water partition coefficient (Wildman–Crippen LogP) is 5.63. The molecule has 3 fully saturated rings. The maximum absolute atomic E-state index is 14.9. The third-order valence-corrected chi connectivity index (χ3v) is 12.2. The number of carbonyl (C=O) groups excluding carboxylic acids is 4. The van der Waals surface area contributed by atoms with Gasteiger partial charge in [0.1, 0.15) is 11.5 Å². The van der Waals surface area contributed by atoms with Crippen LogP contribution in [0, 0.1) is 41.8 Å². The van der Waals surface area contributed by atoms with Gasteiger partial charge in [-0.2, -0.15) is 5.10 Å². The van der Waals surface area contributed by atoms with Crippen molar-refractivity contribution in [3.8, 4) is 16.3 Å². The second kappa shape index (κ2) is 9.83. The molecule has 46 heavy (non-hydrogen) atoms. The van der Waals surface area contributed by atoms with E-state index < -0.39 is 64.3 Å². The van der Waals surface area contributed by atoms with Gasteiger partial charge in [0.2, 0.25) is 23.6 Å². The number of benzene rings is 2. The van der Waals surface area contributed by atoms with E-state index in [2.05, 4.69) is 5.32 Å². The number of allylic oxidation sites excluding steroid dienone is 2. The molecule has 0 spiro atoms. The normalized spacial score (nSPS) is 28.8. The molecule has 12 heteroatoms. The Balaban J connectivity index is 1.27. The number of nitrogens with one attached hydrogen (secondary N) is 1. The Bertz CT molecular complexity index is 2100. The minimum atomic E-state index is -1.43. The summed E-state index contributed by atoms with van der Waals surface area (Å²) in [5, 5.41) is 19.8. The molecular weight excluding hydrogens is 631 g/mol. The number of rotatable bonds is 3. The van der Waals surface area contributed by atoms with Gasteiger partial charge in [-0.15, -0.1) is 11.3 Å². The van der Waals surface area contributed by atoms with Crippen molar-refractivity contribution in [1.82, 2.24) is 15.1 Å². The van der Waals surface area contributed by atoms with Gasteiger partial charge >= 0.3 is 0 Å². The number of thiophene rings is 1. The summed E-state index contributed by atoms with van der Waals surface area (Å²) in [6.45, 7) is 3.66. The smallest absolute Gasteiger partial charge is 0.242 e. The van der Waals surface area contributed by atoms with E-state index in [1.165, 1.54) is 22.1 Å². The first kappa shape index (κ1) is 29.1. The molecule has 2 aromatic heterocycles. The van der Waals surface area contributed by atoms with Crippen LogP contribution in [-0.4, -0.2) is 38.5 Å². The number of aryl methyl sites for hydroxylation is 2. The number of fused-ring (bicyclic) bond motifs is 5. The summed E-state index contributed by atoms with van der Waals surface area (Å²) >= 11 is 7.79. The Morgan fingerprint density at radius 2 is 1.89 bits per heavy atom. The van der Waals surface area contributed by atoms with Gasteiger partial charge in [0.25, 0.3) is 0 Å². The zero-order valence-corrected chi connectivity index (χ0v) is 26.6. The number of phenols is 1. The zero-order chi connectivity index (χ0) is 32.4. The lowest BCUT2D eigenvalue weighted by molar-refractivity contribution is -0.131. The number of phenolic OH excluding ortho intramolecular Hbond substituents is 1. The summed E-state index contributed by atoms with van der Waals surface area (Å²) in [6.07, 6.45) is 2.26. The van der Waals surface area contributed by atoms with E-state index >= 15 is 0 Å². The number of carbonyl (C=O) groups is 4. The lowest BCUT2D eigenvalue weighted by atomic mass is 9.51. The molecule has 0 bridgehead atoms. The molecule has 4 heterocycles. The fourth-order valence-electron chi connectivity index (χ4n) is 8.47. The monoisotopic (exact) mass is 658 g/mol. The van der Waals surface area contributed by atoms with E-state index in [1.54, 1.807) is 26.1 Å². The number of hydrogen-bond acceptors (Lipinski definition) is 7. The van der Waals surface area contributed by atoms with Gasteiger partial charge in [-0.25, -0.2) is 9.29 Å². The topological polar surface area (TPSA) is 122 Å². The van der Waals surface area contributed by atoms with Gasteiger partial charge in [-0.3, -0.25) is 29.2 Å². The van der Waals surface area contributed by atoms with Crippen LogP contribution in [-0.2, 0) is 26.2 Å². The highest BCUT2D eigenvalue weighted by Gasteiger charge is 2.67. The highest BCUT2D eigenvalue weighted by atomic mass is 35.5. The standard InChI is InChI=1S/C34H28ClFN4O5S/c1-14-19-11-15(35)7-10-24(19)46-29(14)23-13-25(39(3)38-23)40-32(44)21-12-20-16(8-9-17-26(20)31(43)37-30(17)42)27(34(21,2)33(40)45)18-5-4-6-22(36)28(18)41/h4-8,10-11,13,17,20-21,26-27,41H,9,12H2,1-3H3,(H,37,42,43)/t17-,20+,21-,26-,27+,34+/m0/s1. The number of aromatic nitrogens is 2. The Kier molecular flexibility index (Phi) is 6.21. The number of para-hydroxylation sites is 1. The molecule has 0 unspecified atom stereocenters. The molecule has 4 aromatic rings. The number of imide groups is 2. The Morgan fingerprint density at radius 3 is 2.67 bits per heavy atom. The number of hydrogen-bond donors (Lipinski definition) is 2. The summed E-state index contributed by atoms with van der Waals surface area (Å²) in [6, 6.07) is 11.5. The molecule has 234 valence electrons. The number of amides is 4. The first-order chi connectivity index (χ1) is 21.9. The molecule has 4 aliphatic rings. The zero-order valence-electron chi connectivity index (χ0n) is 25.0. The third-order valence-electron chi connectivity index (χ3n) is 10.7. The molecule has 1 saturated carbocycles. The highest BCUT2D eigenvalue weighted by Crippen LogP contribution is 2.64. The molecule has 2 N–H and O–H groups in total. The van der Waals surface area contributed by atoms with Crippen molar-refractivity contribution in [2.24, 2.45) is 36.1 Å². The van der Waals surface area contributed by atoms with Crippen LogP contribution in [0.4, 0.5) is 10.2 Å². The van der Waals surface area contributed by atoms with Crippen LogP contribution in [0.2, 0.25) is 5.02 Å². The fraction of sp³-hybridized carbons (Fsp3) is 0.324. The lowest BCUT2D eigenvalue weighted by Crippen LogP contribution is -2.48. The lowest BCUT2D eigenvalue weighted by Gasteiger charge is -2.49. The van der Waals surface area contributed by atoms with Crippen molar-refractivity contribution in [2.75, 3.05) is 4.90 Å². The Hall–Kier alpha value is -4.35. The average Bonchev–Trinajstić information content (AvgIpc) is 3.70. The molecular formula is C34H28ClFN4O5S. The second-order valence-corrected chi connectivity index (χ2v) is 14.4. The van der Waals surface area contributed by atoms with Crippen molar-refractivity contribution in [3.05, 3.63) is 76.1 Å². The maximum atomic E-state index is 14.9. The van der Waals surface area contributed by atoms with E-state index in [9.17, 15) is 28.7 Å². The average molecular weight is 659 g/mol. The molecule has 4 amide bonds. The molecule has 6 atom stereocenters. The molecule has 0 radical (unpaired) electrons. The van der Waals surface area contributed by atoms with Crippen LogP contribution in [0.15, 0.2) is 54.1 Å². The van der Waals surface area contributed by atoms with Crippen LogP contribution in [0.3, 0.4) is 0 Å².